The highest BCUT2D eigenvalue weighted by Crippen LogP contribution is 2.11. The monoisotopic (exact) mass is 195 g/mol. The molecule has 1 atom stereocenters. The number of hydrogen-bond acceptors (Lipinski definition) is 3. The maximum absolute atomic E-state index is 5.50. The second-order valence-corrected chi connectivity index (χ2v) is 3.78. The summed E-state index contributed by atoms with van der Waals surface area (Å²) in [4.78, 5) is 0. The topological polar surface area (TPSA) is 34.4 Å². The molecule has 14 heavy (non-hydrogen) atoms. The van der Waals surface area contributed by atoms with Gasteiger partial charge in [-0.3, -0.25) is 0 Å². The van der Waals surface area contributed by atoms with Crippen LogP contribution >= 0.6 is 0 Å². The van der Waals surface area contributed by atoms with Crippen molar-refractivity contribution in [3.8, 4) is 0 Å². The quantitative estimate of drug-likeness (QED) is 0.796. The average Bonchev–Trinajstić information content (AvgIpc) is 2.77. The van der Waals surface area contributed by atoms with Gasteiger partial charge in [0, 0.05) is 13.2 Å². The summed E-state index contributed by atoms with van der Waals surface area (Å²) in [5.74, 6) is 1.97. The lowest BCUT2D eigenvalue weighted by Gasteiger charge is -2.09. The molecule has 0 aromatic carbocycles. The summed E-state index contributed by atoms with van der Waals surface area (Å²) in [5.41, 5.74) is 0. The minimum Gasteiger partial charge on any atom is -0.465 e. The molecule has 0 radical (unpaired) electrons. The third-order valence-electron chi connectivity index (χ3n) is 2.49. The Hall–Kier alpha value is -0.800. The molecule has 1 aromatic heterocycles. The lowest BCUT2D eigenvalue weighted by molar-refractivity contribution is 0.109. The molecular weight excluding hydrogens is 178 g/mol. The van der Waals surface area contributed by atoms with Crippen LogP contribution in [0.25, 0.3) is 0 Å². The van der Waals surface area contributed by atoms with Gasteiger partial charge in [0.2, 0.25) is 0 Å². The van der Waals surface area contributed by atoms with Crippen molar-refractivity contribution in [2.24, 2.45) is 0 Å². The molecule has 0 amide bonds. The van der Waals surface area contributed by atoms with Crippen molar-refractivity contribution in [2.45, 2.75) is 32.4 Å². The van der Waals surface area contributed by atoms with Gasteiger partial charge in [0.05, 0.1) is 12.6 Å². The molecule has 1 aromatic rings. The normalized spacial score (nSPS) is 21.6. The first-order valence-corrected chi connectivity index (χ1v) is 5.22. The molecule has 1 aliphatic heterocycles. The Morgan fingerprint density at radius 3 is 3.07 bits per heavy atom. The van der Waals surface area contributed by atoms with E-state index in [0.717, 1.165) is 31.2 Å². The van der Waals surface area contributed by atoms with Crippen LogP contribution in [0.5, 0.6) is 0 Å². The minimum absolute atomic E-state index is 0.408. The molecule has 0 spiro atoms. The van der Waals surface area contributed by atoms with E-state index in [1.807, 2.05) is 19.1 Å². The van der Waals surface area contributed by atoms with Gasteiger partial charge in [-0.1, -0.05) is 0 Å². The van der Waals surface area contributed by atoms with Crippen LogP contribution in [0, 0.1) is 6.92 Å². The summed E-state index contributed by atoms with van der Waals surface area (Å²) in [6.45, 7) is 4.61. The predicted molar refractivity (Wildman–Crippen MR) is 54.1 cm³/mol. The van der Waals surface area contributed by atoms with E-state index in [-0.39, 0.29) is 0 Å². The maximum Gasteiger partial charge on any atom is 0.117 e. The number of ether oxygens (including phenoxy) is 1. The molecule has 0 unspecified atom stereocenters. The van der Waals surface area contributed by atoms with Gasteiger partial charge >= 0.3 is 0 Å². The molecule has 78 valence electrons. The first kappa shape index (κ1) is 9.74. The smallest absolute Gasteiger partial charge is 0.117 e. The lowest BCUT2D eigenvalue weighted by atomic mass is 10.2. The molecular formula is C11H17NO2. The molecule has 0 saturated carbocycles. The Morgan fingerprint density at radius 1 is 1.50 bits per heavy atom. The number of aryl methyl sites for hydroxylation is 1. The highest BCUT2D eigenvalue weighted by atomic mass is 16.5. The Bertz CT molecular complexity index is 277. The van der Waals surface area contributed by atoms with Crippen molar-refractivity contribution in [2.75, 3.05) is 13.2 Å². The predicted octanol–water partition coefficient (Wildman–Crippen LogP) is 1.86. The molecule has 3 nitrogen and oxygen atoms in total. The zero-order chi connectivity index (χ0) is 9.80. The lowest BCUT2D eigenvalue weighted by Crippen LogP contribution is -2.25. The molecule has 2 heterocycles. The van der Waals surface area contributed by atoms with Gasteiger partial charge in [-0.25, -0.2) is 0 Å². The van der Waals surface area contributed by atoms with Gasteiger partial charge in [0.1, 0.15) is 11.5 Å². The fraction of sp³-hybridized carbons (Fsp3) is 0.636. The van der Waals surface area contributed by atoms with E-state index in [9.17, 15) is 0 Å². The van der Waals surface area contributed by atoms with Crippen molar-refractivity contribution in [1.82, 2.24) is 5.32 Å². The summed E-state index contributed by atoms with van der Waals surface area (Å²) in [7, 11) is 0. The summed E-state index contributed by atoms with van der Waals surface area (Å²) in [6.07, 6.45) is 2.79. The SMILES string of the molecule is Cc1ccc(CNC[C@@H]2CCCO2)o1. The second kappa shape index (κ2) is 4.62. The van der Waals surface area contributed by atoms with E-state index in [2.05, 4.69) is 5.32 Å². The summed E-state index contributed by atoms with van der Waals surface area (Å²) in [5, 5.41) is 3.34. The van der Waals surface area contributed by atoms with Gasteiger partial charge in [-0.15, -0.1) is 0 Å². The third kappa shape index (κ3) is 2.59. The van der Waals surface area contributed by atoms with E-state index in [1.54, 1.807) is 0 Å². The number of hydrogen-bond donors (Lipinski definition) is 1. The maximum atomic E-state index is 5.50. The molecule has 3 heteroatoms. The Morgan fingerprint density at radius 2 is 2.43 bits per heavy atom. The van der Waals surface area contributed by atoms with Gasteiger partial charge in [0.15, 0.2) is 0 Å². The van der Waals surface area contributed by atoms with E-state index in [4.69, 9.17) is 9.15 Å². The van der Waals surface area contributed by atoms with Crippen LogP contribution in [0.3, 0.4) is 0 Å². The Kier molecular flexibility index (Phi) is 3.22. The highest BCUT2D eigenvalue weighted by molar-refractivity contribution is 5.05. The zero-order valence-electron chi connectivity index (χ0n) is 8.58. The molecule has 0 bridgehead atoms. The van der Waals surface area contributed by atoms with Crippen molar-refractivity contribution < 1.29 is 9.15 Å². The highest BCUT2D eigenvalue weighted by Gasteiger charge is 2.14. The number of rotatable bonds is 4. The molecule has 1 fully saturated rings. The average molecular weight is 195 g/mol. The Labute approximate surface area is 84.4 Å². The van der Waals surface area contributed by atoms with Crippen molar-refractivity contribution in [1.29, 1.82) is 0 Å². The third-order valence-corrected chi connectivity index (χ3v) is 2.49. The van der Waals surface area contributed by atoms with Crippen LogP contribution in [0.15, 0.2) is 16.5 Å². The van der Waals surface area contributed by atoms with Gasteiger partial charge in [0.25, 0.3) is 0 Å². The summed E-state index contributed by atoms with van der Waals surface area (Å²) >= 11 is 0. The largest absolute Gasteiger partial charge is 0.465 e. The standard InChI is InChI=1S/C11H17NO2/c1-9-4-5-11(14-9)8-12-7-10-3-2-6-13-10/h4-5,10,12H,2-3,6-8H2,1H3/t10-/m0/s1. The van der Waals surface area contributed by atoms with Crippen LogP contribution in [0.4, 0.5) is 0 Å². The van der Waals surface area contributed by atoms with Gasteiger partial charge in [-0.05, 0) is 31.9 Å². The molecule has 0 aliphatic carbocycles. The molecule has 1 N–H and O–H groups in total. The summed E-state index contributed by atoms with van der Waals surface area (Å²) in [6, 6.07) is 4.00. The van der Waals surface area contributed by atoms with Crippen LogP contribution in [-0.2, 0) is 11.3 Å². The minimum atomic E-state index is 0.408. The van der Waals surface area contributed by atoms with Crippen molar-refractivity contribution in [3.05, 3.63) is 23.7 Å². The first-order valence-electron chi connectivity index (χ1n) is 5.22. The van der Waals surface area contributed by atoms with Gasteiger partial charge < -0.3 is 14.5 Å². The molecule has 2 rings (SSSR count). The van der Waals surface area contributed by atoms with Crippen molar-refractivity contribution >= 4 is 0 Å². The Balaban J connectivity index is 1.67. The van der Waals surface area contributed by atoms with E-state index < -0.39 is 0 Å². The summed E-state index contributed by atoms with van der Waals surface area (Å²) < 4.78 is 10.9. The van der Waals surface area contributed by atoms with E-state index in [0.29, 0.717) is 6.10 Å². The molecule has 1 aliphatic rings. The number of furan rings is 1. The fourth-order valence-electron chi connectivity index (χ4n) is 1.74. The van der Waals surface area contributed by atoms with Crippen LogP contribution in [0.1, 0.15) is 24.4 Å². The number of nitrogens with one attached hydrogen (secondary N) is 1. The van der Waals surface area contributed by atoms with Crippen LogP contribution in [-0.4, -0.2) is 19.3 Å². The van der Waals surface area contributed by atoms with E-state index in [1.165, 1.54) is 12.8 Å². The van der Waals surface area contributed by atoms with Crippen LogP contribution in [0.2, 0.25) is 0 Å². The van der Waals surface area contributed by atoms with E-state index >= 15 is 0 Å². The zero-order valence-corrected chi connectivity index (χ0v) is 8.58. The van der Waals surface area contributed by atoms with Gasteiger partial charge in [-0.2, -0.15) is 0 Å². The fourth-order valence-corrected chi connectivity index (χ4v) is 1.74. The first-order chi connectivity index (χ1) is 6.84. The van der Waals surface area contributed by atoms with Crippen molar-refractivity contribution in [3.63, 3.8) is 0 Å². The van der Waals surface area contributed by atoms with Crippen LogP contribution < -0.4 is 5.32 Å². The molecule has 1 saturated heterocycles. The second-order valence-electron chi connectivity index (χ2n) is 3.78.